The van der Waals surface area contributed by atoms with Crippen molar-refractivity contribution in [2.75, 3.05) is 6.61 Å². The third-order valence-electron chi connectivity index (χ3n) is 6.39. The number of carbonyl (C=O) groups excluding carboxylic acids is 2. The molecular formula is C23H23F2N2NaO5. The first-order valence-electron chi connectivity index (χ1n) is 10.6. The van der Waals surface area contributed by atoms with Crippen molar-refractivity contribution in [3.05, 3.63) is 63.1 Å². The molecule has 3 heterocycles. The average Bonchev–Trinajstić information content (AvgIpc) is 3.19. The summed E-state index contributed by atoms with van der Waals surface area (Å²) in [5.74, 6) is -3.61. The summed E-state index contributed by atoms with van der Waals surface area (Å²) in [7, 11) is 0. The van der Waals surface area contributed by atoms with Crippen LogP contribution in [0.4, 0.5) is 8.78 Å². The summed E-state index contributed by atoms with van der Waals surface area (Å²) >= 11 is 0. The Bertz CT molecular complexity index is 1150. The van der Waals surface area contributed by atoms with Crippen LogP contribution in [0.5, 0.6) is 5.75 Å². The van der Waals surface area contributed by atoms with E-state index < -0.39 is 40.7 Å². The second-order valence-corrected chi connectivity index (χ2v) is 8.31. The Morgan fingerprint density at radius 2 is 2.03 bits per heavy atom. The van der Waals surface area contributed by atoms with Crippen molar-refractivity contribution in [2.45, 2.75) is 51.9 Å². The van der Waals surface area contributed by atoms with E-state index in [9.17, 15) is 28.3 Å². The Labute approximate surface area is 211 Å². The van der Waals surface area contributed by atoms with Crippen molar-refractivity contribution in [1.29, 1.82) is 0 Å². The van der Waals surface area contributed by atoms with E-state index in [1.54, 1.807) is 0 Å². The molecule has 1 aromatic heterocycles. The number of ketones is 1. The van der Waals surface area contributed by atoms with Gasteiger partial charge in [-0.25, -0.2) is 8.78 Å². The van der Waals surface area contributed by atoms with Gasteiger partial charge in [0.05, 0.1) is 24.8 Å². The molecule has 7 nitrogen and oxygen atoms in total. The average molecular weight is 468 g/mol. The van der Waals surface area contributed by atoms with Gasteiger partial charge < -0.3 is 19.3 Å². The summed E-state index contributed by atoms with van der Waals surface area (Å²) in [5, 5.41) is 12.8. The number of aryl methyl sites for hydroxylation is 1. The predicted octanol–water partition coefficient (Wildman–Crippen LogP) is -0.754. The standard InChI is InChI=1S/C23H24F2N2O5.Na/c1-3-12(2)17-11-32-19-10-26-9-15(21(29)22(30)20(26)23(31)27(17)19)18(28)7-5-13-4-6-14(24)8-16(13)25;/h4,6,8-9,12,17,19,30H,3,5,7,10-11H2,1-2H3;/q;+1/p-1/t12-,17+,19+;/m0./s1. The smallest absolute Gasteiger partial charge is 0.868 e. The van der Waals surface area contributed by atoms with Crippen LogP contribution in [0.25, 0.3) is 0 Å². The number of aromatic nitrogens is 1. The van der Waals surface area contributed by atoms with Gasteiger partial charge in [-0.15, -0.1) is 0 Å². The van der Waals surface area contributed by atoms with Gasteiger partial charge in [0.1, 0.15) is 17.3 Å². The molecule has 1 aromatic carbocycles. The largest absolute Gasteiger partial charge is 1.00 e. The second-order valence-electron chi connectivity index (χ2n) is 8.31. The number of amides is 1. The summed E-state index contributed by atoms with van der Waals surface area (Å²) in [5.41, 5.74) is -1.54. The zero-order chi connectivity index (χ0) is 23.2. The molecule has 2 aliphatic rings. The van der Waals surface area contributed by atoms with Gasteiger partial charge >= 0.3 is 29.6 Å². The second kappa shape index (κ2) is 10.0. The van der Waals surface area contributed by atoms with Crippen molar-refractivity contribution in [1.82, 2.24) is 9.47 Å². The fourth-order valence-corrected chi connectivity index (χ4v) is 4.32. The van der Waals surface area contributed by atoms with Crippen molar-refractivity contribution >= 4 is 11.7 Å². The number of ether oxygens (including phenoxy) is 1. The molecule has 1 saturated heterocycles. The summed E-state index contributed by atoms with van der Waals surface area (Å²) in [6.45, 7) is 4.47. The van der Waals surface area contributed by atoms with Crippen LogP contribution in [0.2, 0.25) is 0 Å². The minimum Gasteiger partial charge on any atom is -0.868 e. The molecule has 0 N–H and O–H groups in total. The normalized spacial score (nSPS) is 20.1. The molecule has 3 atom stereocenters. The van der Waals surface area contributed by atoms with E-state index in [1.165, 1.54) is 21.7 Å². The van der Waals surface area contributed by atoms with Crippen LogP contribution in [0.1, 0.15) is 53.1 Å². The van der Waals surface area contributed by atoms with Crippen LogP contribution >= 0.6 is 0 Å². The van der Waals surface area contributed by atoms with Crippen LogP contribution in [0.15, 0.2) is 29.2 Å². The molecule has 0 unspecified atom stereocenters. The predicted molar refractivity (Wildman–Crippen MR) is 108 cm³/mol. The van der Waals surface area contributed by atoms with Gasteiger partial charge in [0.25, 0.3) is 5.91 Å². The molecule has 0 radical (unpaired) electrons. The van der Waals surface area contributed by atoms with Gasteiger partial charge in [0, 0.05) is 18.7 Å². The maximum absolute atomic E-state index is 13.8. The summed E-state index contributed by atoms with van der Waals surface area (Å²) in [6, 6.07) is 2.84. The number of benzene rings is 1. The van der Waals surface area contributed by atoms with Crippen molar-refractivity contribution < 1.29 is 57.8 Å². The molecule has 0 saturated carbocycles. The van der Waals surface area contributed by atoms with E-state index in [0.29, 0.717) is 6.61 Å². The molecule has 1 fully saturated rings. The van der Waals surface area contributed by atoms with E-state index in [-0.39, 0.29) is 77.7 Å². The SMILES string of the molecule is CC[C@H](C)[C@H]1CO[C@@H]2Cn3cc(C(=O)CCc4ccc(F)cc4F)c(=O)c([O-])c3C(=O)N12.[Na+]. The van der Waals surface area contributed by atoms with Crippen molar-refractivity contribution in [3.8, 4) is 5.75 Å². The molecule has 170 valence electrons. The van der Waals surface area contributed by atoms with Gasteiger partial charge in [-0.1, -0.05) is 26.3 Å². The first-order valence-corrected chi connectivity index (χ1v) is 10.6. The zero-order valence-corrected chi connectivity index (χ0v) is 20.8. The molecule has 10 heteroatoms. The van der Waals surface area contributed by atoms with Crippen LogP contribution in [-0.4, -0.2) is 40.0 Å². The summed E-state index contributed by atoms with van der Waals surface area (Å²) in [6.07, 6.45) is 1.16. The number of hydrogen-bond acceptors (Lipinski definition) is 5. The topological polar surface area (TPSA) is 91.7 Å². The Balaban J connectivity index is 0.00000306. The van der Waals surface area contributed by atoms with E-state index >= 15 is 0 Å². The fraction of sp³-hybridized carbons (Fsp3) is 0.435. The third kappa shape index (κ3) is 4.64. The summed E-state index contributed by atoms with van der Waals surface area (Å²) in [4.78, 5) is 39.9. The Morgan fingerprint density at radius 1 is 1.30 bits per heavy atom. The quantitative estimate of drug-likeness (QED) is 0.411. The summed E-state index contributed by atoms with van der Waals surface area (Å²) < 4.78 is 34.0. The Morgan fingerprint density at radius 3 is 2.70 bits per heavy atom. The maximum atomic E-state index is 13.8. The zero-order valence-electron chi connectivity index (χ0n) is 18.8. The molecule has 1 amide bonds. The molecule has 2 aliphatic heterocycles. The number of halogens is 2. The maximum Gasteiger partial charge on any atom is 1.00 e. The van der Waals surface area contributed by atoms with Crippen LogP contribution in [0.3, 0.4) is 0 Å². The van der Waals surface area contributed by atoms with Crippen LogP contribution < -0.4 is 40.1 Å². The number of carbonyl (C=O) groups is 2. The Kier molecular flexibility index (Phi) is 7.78. The number of rotatable bonds is 6. The first-order chi connectivity index (χ1) is 15.2. The van der Waals surface area contributed by atoms with Gasteiger partial charge in [-0.05, 0) is 29.7 Å². The van der Waals surface area contributed by atoms with Crippen molar-refractivity contribution in [3.63, 3.8) is 0 Å². The molecular weight excluding hydrogens is 445 g/mol. The minimum atomic E-state index is -1.05. The van der Waals surface area contributed by atoms with Crippen LogP contribution in [0, 0.1) is 17.6 Å². The van der Waals surface area contributed by atoms with Crippen molar-refractivity contribution in [2.24, 2.45) is 5.92 Å². The molecule has 0 bridgehead atoms. The molecule has 0 spiro atoms. The van der Waals surface area contributed by atoms with E-state index in [4.69, 9.17) is 4.74 Å². The monoisotopic (exact) mass is 468 g/mol. The molecule has 4 rings (SSSR count). The number of hydrogen-bond donors (Lipinski definition) is 0. The van der Waals surface area contributed by atoms with Gasteiger partial charge in [-0.3, -0.25) is 14.4 Å². The van der Waals surface area contributed by atoms with Gasteiger partial charge in [0.2, 0.25) is 0 Å². The molecule has 33 heavy (non-hydrogen) atoms. The minimum absolute atomic E-state index is 0. The molecule has 2 aromatic rings. The number of Topliss-reactive ketones (excluding diaryl/α,β-unsaturated/α-hetero) is 1. The number of pyridine rings is 1. The third-order valence-corrected chi connectivity index (χ3v) is 6.39. The van der Waals surface area contributed by atoms with Gasteiger partial charge in [0.15, 0.2) is 17.4 Å². The number of nitrogens with zero attached hydrogens (tertiary/aromatic N) is 2. The van der Waals surface area contributed by atoms with Gasteiger partial charge in [-0.2, -0.15) is 0 Å². The number of fused-ring (bicyclic) bond motifs is 2. The van der Waals surface area contributed by atoms with E-state index in [0.717, 1.165) is 18.6 Å². The Hall–Kier alpha value is -2.07. The fourth-order valence-electron chi connectivity index (χ4n) is 4.32. The van der Waals surface area contributed by atoms with E-state index in [1.807, 2.05) is 13.8 Å². The van der Waals surface area contributed by atoms with E-state index in [2.05, 4.69) is 0 Å². The van der Waals surface area contributed by atoms with Crippen LogP contribution in [-0.2, 0) is 17.7 Å². The molecule has 0 aliphatic carbocycles. The first kappa shape index (κ1) is 25.6.